The van der Waals surface area contributed by atoms with Gasteiger partial charge in [0.1, 0.15) is 0 Å². The zero-order valence-corrected chi connectivity index (χ0v) is 14.0. The quantitative estimate of drug-likeness (QED) is 0.837. The highest BCUT2D eigenvalue weighted by Crippen LogP contribution is 2.55. The largest absolute Gasteiger partial charge is 0.501 e. The van der Waals surface area contributed by atoms with E-state index in [4.69, 9.17) is 0 Å². The number of alkyl halides is 3. The van der Waals surface area contributed by atoms with Gasteiger partial charge in [-0.2, -0.15) is 13.2 Å². The van der Waals surface area contributed by atoms with E-state index in [2.05, 4.69) is 5.32 Å². The number of hydrogen-bond donors (Lipinski definition) is 1. The molecule has 2 bridgehead atoms. The first-order valence-electron chi connectivity index (χ1n) is 8.44. The molecule has 0 aromatic heterocycles. The lowest BCUT2D eigenvalue weighted by Gasteiger charge is -2.56. The molecule has 0 radical (unpaired) electrons. The van der Waals surface area contributed by atoms with E-state index < -0.39 is 20.2 Å². The number of halogens is 3. The van der Waals surface area contributed by atoms with E-state index in [1.165, 1.54) is 6.07 Å². The Balaban J connectivity index is 1.94. The molecule has 2 fully saturated rings. The minimum atomic E-state index is -5.32. The fraction of sp³-hybridized carbons (Fsp3) is 0.647. The van der Waals surface area contributed by atoms with Gasteiger partial charge in [0.25, 0.3) is 9.84 Å². The molecule has 3 nitrogen and oxygen atoms in total. The van der Waals surface area contributed by atoms with E-state index in [1.54, 1.807) is 0 Å². The molecule has 3 atom stereocenters. The van der Waals surface area contributed by atoms with Crippen molar-refractivity contribution in [2.45, 2.75) is 60.4 Å². The van der Waals surface area contributed by atoms with Crippen molar-refractivity contribution < 1.29 is 21.6 Å². The summed E-state index contributed by atoms with van der Waals surface area (Å²) in [7, 11) is -5.32. The van der Waals surface area contributed by atoms with Crippen molar-refractivity contribution in [3.63, 3.8) is 0 Å². The second-order valence-electron chi connectivity index (χ2n) is 7.25. The lowest BCUT2D eigenvalue weighted by atomic mass is 9.53. The molecule has 7 heteroatoms. The summed E-state index contributed by atoms with van der Waals surface area (Å²) >= 11 is 0. The summed E-state index contributed by atoms with van der Waals surface area (Å²) in [5.41, 5.74) is -4.16. The Bertz CT molecular complexity index is 771. The highest BCUT2D eigenvalue weighted by atomic mass is 32.2. The van der Waals surface area contributed by atoms with Gasteiger partial charge in [-0.25, -0.2) is 8.42 Å². The molecule has 1 N–H and O–H groups in total. The molecule has 132 valence electrons. The minimum absolute atomic E-state index is 0.0798. The fourth-order valence-corrected chi connectivity index (χ4v) is 6.33. The van der Waals surface area contributed by atoms with Gasteiger partial charge in [-0.05, 0) is 55.3 Å². The van der Waals surface area contributed by atoms with Crippen LogP contribution in [0.1, 0.15) is 43.2 Å². The number of rotatable bonds is 1. The molecule has 0 spiro atoms. The maximum Gasteiger partial charge on any atom is 0.501 e. The Morgan fingerprint density at radius 1 is 1.17 bits per heavy atom. The lowest BCUT2D eigenvalue weighted by Crippen LogP contribution is -2.59. The van der Waals surface area contributed by atoms with Crippen LogP contribution in [0.25, 0.3) is 0 Å². The predicted molar refractivity (Wildman–Crippen MR) is 83.4 cm³/mol. The van der Waals surface area contributed by atoms with E-state index in [0.717, 1.165) is 50.3 Å². The van der Waals surface area contributed by atoms with Crippen molar-refractivity contribution in [3.05, 3.63) is 29.3 Å². The van der Waals surface area contributed by atoms with Crippen molar-refractivity contribution in [3.8, 4) is 0 Å². The lowest BCUT2D eigenvalue weighted by molar-refractivity contribution is -0.0437. The van der Waals surface area contributed by atoms with E-state index in [1.807, 2.05) is 6.07 Å². The number of nitrogens with one attached hydrogen (secondary N) is 1. The molecule has 24 heavy (non-hydrogen) atoms. The van der Waals surface area contributed by atoms with E-state index >= 15 is 0 Å². The summed E-state index contributed by atoms with van der Waals surface area (Å²) in [6, 6.07) is 4.55. The Hall–Kier alpha value is -1.08. The third-order valence-corrected chi connectivity index (χ3v) is 7.82. The summed E-state index contributed by atoms with van der Waals surface area (Å²) in [4.78, 5) is -0.537. The summed E-state index contributed by atoms with van der Waals surface area (Å²) in [5, 5.41) is 3.43. The number of piperidine rings is 1. The van der Waals surface area contributed by atoms with Crippen LogP contribution in [-0.4, -0.2) is 26.5 Å². The summed E-state index contributed by atoms with van der Waals surface area (Å²) < 4.78 is 63.4. The first kappa shape index (κ1) is 16.4. The van der Waals surface area contributed by atoms with Gasteiger partial charge in [0.15, 0.2) is 0 Å². The van der Waals surface area contributed by atoms with Crippen LogP contribution in [0.4, 0.5) is 13.2 Å². The third kappa shape index (κ3) is 2.10. The van der Waals surface area contributed by atoms with E-state index in [-0.39, 0.29) is 11.5 Å². The van der Waals surface area contributed by atoms with Gasteiger partial charge in [0.05, 0.1) is 4.90 Å². The van der Waals surface area contributed by atoms with Crippen molar-refractivity contribution >= 4 is 9.84 Å². The van der Waals surface area contributed by atoms with Crippen LogP contribution >= 0.6 is 0 Å². The highest BCUT2D eigenvalue weighted by molar-refractivity contribution is 7.92. The van der Waals surface area contributed by atoms with Gasteiger partial charge in [0.2, 0.25) is 0 Å². The number of hydrogen-bond acceptors (Lipinski definition) is 3. The van der Waals surface area contributed by atoms with Gasteiger partial charge in [-0.3, -0.25) is 0 Å². The van der Waals surface area contributed by atoms with Crippen LogP contribution in [0.3, 0.4) is 0 Å². The molecule has 0 unspecified atom stereocenters. The van der Waals surface area contributed by atoms with Gasteiger partial charge >= 0.3 is 5.51 Å². The van der Waals surface area contributed by atoms with Crippen LogP contribution in [0.15, 0.2) is 23.1 Å². The number of fused-ring (bicyclic) bond motifs is 1. The van der Waals surface area contributed by atoms with Gasteiger partial charge in [-0.15, -0.1) is 0 Å². The predicted octanol–water partition coefficient (Wildman–Crippen LogP) is 3.33. The van der Waals surface area contributed by atoms with Crippen molar-refractivity contribution in [2.75, 3.05) is 6.54 Å². The maximum absolute atomic E-state index is 13.1. The molecule has 1 heterocycles. The smallest absolute Gasteiger partial charge is 0.313 e. The van der Waals surface area contributed by atoms with E-state index in [9.17, 15) is 21.6 Å². The van der Waals surface area contributed by atoms with Gasteiger partial charge in [0, 0.05) is 11.5 Å². The van der Waals surface area contributed by atoms with Crippen molar-refractivity contribution in [2.24, 2.45) is 5.92 Å². The maximum atomic E-state index is 13.1. The molecule has 1 aromatic rings. The molecular formula is C17H20F3NO2S. The number of benzene rings is 1. The zero-order valence-electron chi connectivity index (χ0n) is 13.2. The normalized spacial score (nSPS) is 32.8. The molecule has 3 aliphatic rings. The SMILES string of the molecule is O=S(=O)(c1cccc2c1C[C@H]1NCC[C@@]23CCCC[C@@H]13)C(F)(F)F. The Labute approximate surface area is 139 Å². The van der Waals surface area contributed by atoms with Crippen LogP contribution < -0.4 is 5.32 Å². The Morgan fingerprint density at radius 2 is 1.96 bits per heavy atom. The summed E-state index contributed by atoms with van der Waals surface area (Å²) in [5.74, 6) is 0.399. The van der Waals surface area contributed by atoms with E-state index in [0.29, 0.717) is 17.9 Å². The first-order chi connectivity index (χ1) is 11.3. The molecule has 1 saturated heterocycles. The zero-order chi connectivity index (χ0) is 17.2. The Morgan fingerprint density at radius 3 is 2.71 bits per heavy atom. The van der Waals surface area contributed by atoms with Gasteiger partial charge < -0.3 is 5.32 Å². The monoisotopic (exact) mass is 359 g/mol. The fourth-order valence-electron chi connectivity index (χ4n) is 5.31. The average Bonchev–Trinajstić information content (AvgIpc) is 2.53. The molecule has 4 rings (SSSR count). The molecule has 1 saturated carbocycles. The molecule has 2 aliphatic carbocycles. The minimum Gasteiger partial charge on any atom is -0.313 e. The Kier molecular flexibility index (Phi) is 3.56. The standard InChI is InChI=1S/C17H20F3NO2S/c18-17(19,20)24(22,23)15-6-3-5-12-11(15)10-14-13-4-1-2-7-16(12,13)8-9-21-14/h3,5-6,13-14,21H,1-2,4,7-10H2/t13-,14+,16-/m0/s1. The van der Waals surface area contributed by atoms with Crippen LogP contribution in [0.2, 0.25) is 0 Å². The highest BCUT2D eigenvalue weighted by Gasteiger charge is 2.54. The van der Waals surface area contributed by atoms with Crippen LogP contribution in [0, 0.1) is 5.92 Å². The molecule has 1 aromatic carbocycles. The first-order valence-corrected chi connectivity index (χ1v) is 9.93. The van der Waals surface area contributed by atoms with Gasteiger partial charge in [-0.1, -0.05) is 25.0 Å². The van der Waals surface area contributed by atoms with Crippen LogP contribution in [0.5, 0.6) is 0 Å². The van der Waals surface area contributed by atoms with Crippen molar-refractivity contribution in [1.82, 2.24) is 5.32 Å². The second kappa shape index (κ2) is 5.21. The molecule has 1 aliphatic heterocycles. The molecular weight excluding hydrogens is 339 g/mol. The van der Waals surface area contributed by atoms with Crippen molar-refractivity contribution in [1.29, 1.82) is 0 Å². The third-order valence-electron chi connectivity index (χ3n) is 6.25. The molecule has 0 amide bonds. The topological polar surface area (TPSA) is 46.2 Å². The van der Waals surface area contributed by atoms with Crippen LogP contribution in [-0.2, 0) is 21.7 Å². The second-order valence-corrected chi connectivity index (χ2v) is 9.16. The summed E-state index contributed by atoms with van der Waals surface area (Å²) in [6.45, 7) is 0.844. The number of sulfone groups is 1. The summed E-state index contributed by atoms with van der Waals surface area (Å²) in [6.07, 6.45) is 5.44. The average molecular weight is 359 g/mol.